The second-order valence-electron chi connectivity index (χ2n) is 5.45. The minimum atomic E-state index is 0.136. The third-order valence-corrected chi connectivity index (χ3v) is 4.20. The number of hydrogen-bond donors (Lipinski definition) is 1. The zero-order chi connectivity index (χ0) is 13.3. The molecule has 0 spiro atoms. The van der Waals surface area contributed by atoms with Gasteiger partial charge in [-0.15, -0.1) is 0 Å². The maximum Gasteiger partial charge on any atom is 0.161 e. The topological polar surface area (TPSA) is 53.7 Å². The molecule has 2 N–H and O–H groups in total. The average molecular weight is 263 g/mol. The number of ether oxygens (including phenoxy) is 3. The van der Waals surface area contributed by atoms with Crippen LogP contribution in [0.1, 0.15) is 24.8 Å². The molecule has 4 heteroatoms. The average Bonchev–Trinajstić information content (AvgIpc) is 3.09. The van der Waals surface area contributed by atoms with E-state index in [4.69, 9.17) is 19.9 Å². The summed E-state index contributed by atoms with van der Waals surface area (Å²) in [5.41, 5.74) is 7.34. The summed E-state index contributed by atoms with van der Waals surface area (Å²) in [4.78, 5) is 0. The number of nitrogens with two attached hydrogens (primary N) is 1. The van der Waals surface area contributed by atoms with Crippen LogP contribution in [0.2, 0.25) is 0 Å². The van der Waals surface area contributed by atoms with E-state index in [1.165, 1.54) is 18.4 Å². The van der Waals surface area contributed by atoms with Gasteiger partial charge in [-0.1, -0.05) is 6.07 Å². The number of methoxy groups -OCH3 is 1. The first-order valence-electron chi connectivity index (χ1n) is 6.90. The minimum Gasteiger partial charge on any atom is -0.493 e. The largest absolute Gasteiger partial charge is 0.493 e. The van der Waals surface area contributed by atoms with Crippen LogP contribution in [-0.2, 0) is 10.2 Å². The van der Waals surface area contributed by atoms with Crippen LogP contribution < -0.4 is 15.2 Å². The highest BCUT2D eigenvalue weighted by Gasteiger charge is 2.43. The maximum atomic E-state index is 6.01. The number of rotatable bonds is 5. The van der Waals surface area contributed by atoms with Crippen molar-refractivity contribution in [3.05, 3.63) is 23.8 Å². The summed E-state index contributed by atoms with van der Waals surface area (Å²) in [7, 11) is 1.67. The Morgan fingerprint density at radius 2 is 2.21 bits per heavy atom. The molecule has 1 atom stereocenters. The van der Waals surface area contributed by atoms with Crippen molar-refractivity contribution in [1.82, 2.24) is 0 Å². The second kappa shape index (κ2) is 5.02. The van der Waals surface area contributed by atoms with Crippen LogP contribution in [0.5, 0.6) is 11.5 Å². The lowest BCUT2D eigenvalue weighted by atomic mass is 9.96. The molecule has 2 fully saturated rings. The van der Waals surface area contributed by atoms with Crippen LogP contribution in [0.25, 0.3) is 0 Å². The lowest BCUT2D eigenvalue weighted by Crippen LogP contribution is -2.20. The minimum absolute atomic E-state index is 0.136. The predicted molar refractivity (Wildman–Crippen MR) is 72.8 cm³/mol. The highest BCUT2D eigenvalue weighted by atomic mass is 16.6. The summed E-state index contributed by atoms with van der Waals surface area (Å²) < 4.78 is 16.7. The highest BCUT2D eigenvalue weighted by molar-refractivity contribution is 5.47. The van der Waals surface area contributed by atoms with E-state index in [9.17, 15) is 0 Å². The van der Waals surface area contributed by atoms with E-state index in [0.717, 1.165) is 24.5 Å². The van der Waals surface area contributed by atoms with Crippen molar-refractivity contribution in [2.24, 2.45) is 5.73 Å². The molecule has 3 rings (SSSR count). The van der Waals surface area contributed by atoms with E-state index in [-0.39, 0.29) is 11.5 Å². The van der Waals surface area contributed by atoms with Crippen molar-refractivity contribution >= 4 is 0 Å². The van der Waals surface area contributed by atoms with Crippen molar-refractivity contribution in [3.63, 3.8) is 0 Å². The lowest BCUT2D eigenvalue weighted by molar-refractivity contribution is 0.138. The fourth-order valence-electron chi connectivity index (χ4n) is 2.65. The molecule has 104 valence electrons. The molecule has 1 aliphatic heterocycles. The van der Waals surface area contributed by atoms with Gasteiger partial charge in [-0.05, 0) is 30.5 Å². The number of benzene rings is 1. The summed E-state index contributed by atoms with van der Waals surface area (Å²) in [5, 5.41) is 0. The molecule has 4 nitrogen and oxygen atoms in total. The Kier molecular flexibility index (Phi) is 3.37. The molecular formula is C15H21NO3. The third-order valence-electron chi connectivity index (χ3n) is 4.20. The Labute approximate surface area is 113 Å². The lowest BCUT2D eigenvalue weighted by Gasteiger charge is -2.19. The van der Waals surface area contributed by atoms with E-state index >= 15 is 0 Å². The van der Waals surface area contributed by atoms with Gasteiger partial charge in [0.05, 0.1) is 20.3 Å². The van der Waals surface area contributed by atoms with E-state index < -0.39 is 0 Å². The van der Waals surface area contributed by atoms with E-state index in [2.05, 4.69) is 12.1 Å². The molecule has 1 saturated heterocycles. The van der Waals surface area contributed by atoms with Gasteiger partial charge in [-0.3, -0.25) is 0 Å². The van der Waals surface area contributed by atoms with Crippen LogP contribution in [0.15, 0.2) is 18.2 Å². The van der Waals surface area contributed by atoms with Crippen molar-refractivity contribution in [2.75, 3.05) is 26.9 Å². The summed E-state index contributed by atoms with van der Waals surface area (Å²) in [5.74, 6) is 1.60. The van der Waals surface area contributed by atoms with Crippen LogP contribution in [-0.4, -0.2) is 33.0 Å². The molecule has 0 bridgehead atoms. The van der Waals surface area contributed by atoms with Gasteiger partial charge in [0, 0.05) is 18.4 Å². The Balaban J connectivity index is 1.85. The van der Waals surface area contributed by atoms with Crippen molar-refractivity contribution in [2.45, 2.75) is 30.8 Å². The van der Waals surface area contributed by atoms with E-state index in [0.29, 0.717) is 13.2 Å². The van der Waals surface area contributed by atoms with Crippen LogP contribution in [0.4, 0.5) is 0 Å². The zero-order valence-electron chi connectivity index (χ0n) is 11.4. The highest BCUT2D eigenvalue weighted by Crippen LogP contribution is 2.49. The fourth-order valence-corrected chi connectivity index (χ4v) is 2.65. The van der Waals surface area contributed by atoms with Gasteiger partial charge >= 0.3 is 0 Å². The Morgan fingerprint density at radius 3 is 2.79 bits per heavy atom. The van der Waals surface area contributed by atoms with Crippen LogP contribution in [0, 0.1) is 0 Å². The molecule has 0 radical (unpaired) electrons. The second-order valence-corrected chi connectivity index (χ2v) is 5.45. The summed E-state index contributed by atoms with van der Waals surface area (Å²) in [6.07, 6.45) is 3.41. The first-order valence-corrected chi connectivity index (χ1v) is 6.90. The van der Waals surface area contributed by atoms with Gasteiger partial charge in [-0.25, -0.2) is 0 Å². The van der Waals surface area contributed by atoms with Gasteiger partial charge in [0.25, 0.3) is 0 Å². The summed E-state index contributed by atoms with van der Waals surface area (Å²) in [6, 6.07) is 6.18. The SMILES string of the molecule is COc1ccc(C2(CN)CC2)cc1OC1CCOC1. The van der Waals surface area contributed by atoms with Gasteiger partial charge in [0.1, 0.15) is 6.10 Å². The monoisotopic (exact) mass is 263 g/mol. The van der Waals surface area contributed by atoms with E-state index in [1.54, 1.807) is 7.11 Å². The smallest absolute Gasteiger partial charge is 0.161 e. The molecule has 1 saturated carbocycles. The zero-order valence-corrected chi connectivity index (χ0v) is 11.4. The molecule has 1 aromatic carbocycles. The molecule has 2 aliphatic rings. The van der Waals surface area contributed by atoms with E-state index in [1.807, 2.05) is 6.07 Å². The molecule has 0 aromatic heterocycles. The van der Waals surface area contributed by atoms with Crippen molar-refractivity contribution in [1.29, 1.82) is 0 Å². The molecule has 1 aromatic rings. The Morgan fingerprint density at radius 1 is 1.37 bits per heavy atom. The predicted octanol–water partition coefficient (Wildman–Crippen LogP) is 1.85. The van der Waals surface area contributed by atoms with Crippen LogP contribution in [0.3, 0.4) is 0 Å². The molecule has 0 amide bonds. The Hall–Kier alpha value is -1.26. The number of hydrogen-bond acceptors (Lipinski definition) is 4. The van der Waals surface area contributed by atoms with Crippen molar-refractivity contribution < 1.29 is 14.2 Å². The van der Waals surface area contributed by atoms with Gasteiger partial charge in [-0.2, -0.15) is 0 Å². The molecular weight excluding hydrogens is 242 g/mol. The van der Waals surface area contributed by atoms with Crippen molar-refractivity contribution in [3.8, 4) is 11.5 Å². The molecule has 1 unspecified atom stereocenters. The first kappa shape index (κ1) is 12.8. The summed E-state index contributed by atoms with van der Waals surface area (Å²) >= 11 is 0. The maximum absolute atomic E-state index is 6.01. The van der Waals surface area contributed by atoms with Gasteiger partial charge < -0.3 is 19.9 Å². The van der Waals surface area contributed by atoms with Gasteiger partial charge in [0.15, 0.2) is 11.5 Å². The molecule has 19 heavy (non-hydrogen) atoms. The quantitative estimate of drug-likeness (QED) is 0.881. The Bertz CT molecular complexity index is 451. The van der Waals surface area contributed by atoms with Gasteiger partial charge in [0.2, 0.25) is 0 Å². The normalized spacial score (nSPS) is 24.2. The molecule has 1 aliphatic carbocycles. The first-order chi connectivity index (χ1) is 9.27. The summed E-state index contributed by atoms with van der Waals surface area (Å²) in [6.45, 7) is 2.14. The third kappa shape index (κ3) is 2.42. The van der Waals surface area contributed by atoms with Crippen LogP contribution >= 0.6 is 0 Å². The molecule has 1 heterocycles. The fraction of sp³-hybridized carbons (Fsp3) is 0.600. The standard InChI is InChI=1S/C15H21NO3/c1-17-13-3-2-11(15(10-16)5-6-15)8-14(13)19-12-4-7-18-9-12/h2-3,8,12H,4-7,9-10,16H2,1H3.